The Balaban J connectivity index is 2.82. The summed E-state index contributed by atoms with van der Waals surface area (Å²) in [6.07, 6.45) is 0.935. The third-order valence-corrected chi connectivity index (χ3v) is 3.04. The molecule has 0 aliphatic rings. The van der Waals surface area contributed by atoms with E-state index in [4.69, 9.17) is 0 Å². The molecule has 1 unspecified atom stereocenters. The second kappa shape index (κ2) is 7.64. The average Bonchev–Trinajstić information content (AvgIpc) is 2.42. The Kier molecular flexibility index (Phi) is 6.17. The maximum Gasteiger partial charge on any atom is 0.276 e. The average molecular weight is 281 g/mol. The largest absolute Gasteiger partial charge is 0.370 e. The van der Waals surface area contributed by atoms with Crippen LogP contribution in [0.1, 0.15) is 20.3 Å². The highest BCUT2D eigenvalue weighted by molar-refractivity contribution is 5.54. The van der Waals surface area contributed by atoms with E-state index in [9.17, 15) is 10.1 Å². The van der Waals surface area contributed by atoms with Gasteiger partial charge in [-0.3, -0.25) is 10.1 Å². The molecule has 0 aromatic carbocycles. The van der Waals surface area contributed by atoms with Gasteiger partial charge in [-0.25, -0.2) is 4.98 Å². The van der Waals surface area contributed by atoms with Gasteiger partial charge in [-0.05, 0) is 27.4 Å². The van der Waals surface area contributed by atoms with E-state index < -0.39 is 4.92 Å². The number of rotatable bonds is 8. The van der Waals surface area contributed by atoms with Crippen LogP contribution in [0.3, 0.4) is 0 Å². The molecule has 0 amide bonds. The molecule has 0 spiro atoms. The van der Waals surface area contributed by atoms with Crippen LogP contribution >= 0.6 is 0 Å². The van der Waals surface area contributed by atoms with Crippen LogP contribution in [-0.4, -0.2) is 48.0 Å². The Morgan fingerprint density at radius 1 is 1.35 bits per heavy atom. The van der Waals surface area contributed by atoms with Gasteiger partial charge in [0.15, 0.2) is 0 Å². The summed E-state index contributed by atoms with van der Waals surface area (Å²) in [5.74, 6) is 1.05. The third kappa shape index (κ3) is 5.00. The number of hydrogen-bond acceptors (Lipinski definition) is 6. The Hall–Kier alpha value is -1.89. The molecule has 0 saturated carbocycles. The highest BCUT2D eigenvalue weighted by atomic mass is 16.6. The maximum absolute atomic E-state index is 10.9. The minimum absolute atomic E-state index is 0.0404. The standard InChI is InChI=1S/C13H23N5O2/c1-5-6-14-12-7-11(18(19)20)8-13(16-12)15-9-10(2)17(3)4/h7-8,10H,5-6,9H2,1-4H3,(H2,14,15,16). The molecule has 2 N–H and O–H groups in total. The highest BCUT2D eigenvalue weighted by Crippen LogP contribution is 2.20. The molecule has 0 bridgehead atoms. The van der Waals surface area contributed by atoms with Crippen molar-refractivity contribution in [1.29, 1.82) is 0 Å². The summed E-state index contributed by atoms with van der Waals surface area (Å²) in [7, 11) is 3.98. The van der Waals surface area contributed by atoms with Crippen molar-refractivity contribution in [3.63, 3.8) is 0 Å². The van der Waals surface area contributed by atoms with Crippen LogP contribution in [0.5, 0.6) is 0 Å². The minimum atomic E-state index is -0.403. The minimum Gasteiger partial charge on any atom is -0.370 e. The summed E-state index contributed by atoms with van der Waals surface area (Å²) in [6.45, 7) is 5.51. The van der Waals surface area contributed by atoms with Gasteiger partial charge in [0.2, 0.25) is 0 Å². The van der Waals surface area contributed by atoms with Crippen molar-refractivity contribution >= 4 is 17.3 Å². The van der Waals surface area contributed by atoms with Crippen LogP contribution < -0.4 is 10.6 Å². The molecule has 1 atom stereocenters. The topological polar surface area (TPSA) is 83.3 Å². The second-order valence-corrected chi connectivity index (χ2v) is 4.97. The lowest BCUT2D eigenvalue weighted by molar-refractivity contribution is -0.384. The van der Waals surface area contributed by atoms with Crippen LogP contribution in [0.2, 0.25) is 0 Å². The van der Waals surface area contributed by atoms with E-state index in [0.29, 0.717) is 24.2 Å². The molecule has 7 nitrogen and oxygen atoms in total. The van der Waals surface area contributed by atoms with Crippen LogP contribution in [0.15, 0.2) is 12.1 Å². The highest BCUT2D eigenvalue weighted by Gasteiger charge is 2.12. The first-order valence-electron chi connectivity index (χ1n) is 6.74. The van der Waals surface area contributed by atoms with Crippen molar-refractivity contribution in [3.05, 3.63) is 22.2 Å². The summed E-state index contributed by atoms with van der Waals surface area (Å²) < 4.78 is 0. The Labute approximate surface area is 119 Å². The van der Waals surface area contributed by atoms with E-state index in [1.807, 2.05) is 21.0 Å². The number of hydrogen-bond donors (Lipinski definition) is 2. The van der Waals surface area contributed by atoms with Gasteiger partial charge in [0.05, 0.1) is 17.1 Å². The number of nitrogens with zero attached hydrogens (tertiary/aromatic N) is 3. The van der Waals surface area contributed by atoms with E-state index in [1.165, 1.54) is 12.1 Å². The number of aromatic nitrogens is 1. The zero-order valence-electron chi connectivity index (χ0n) is 12.5. The first kappa shape index (κ1) is 16.2. The van der Waals surface area contributed by atoms with E-state index in [1.54, 1.807) is 0 Å². The van der Waals surface area contributed by atoms with Crippen molar-refractivity contribution < 1.29 is 4.92 Å². The molecular weight excluding hydrogens is 258 g/mol. The molecule has 0 radical (unpaired) electrons. The zero-order valence-corrected chi connectivity index (χ0v) is 12.5. The second-order valence-electron chi connectivity index (χ2n) is 4.97. The predicted molar refractivity (Wildman–Crippen MR) is 81.3 cm³/mol. The van der Waals surface area contributed by atoms with Gasteiger partial charge >= 0.3 is 0 Å². The van der Waals surface area contributed by atoms with Crippen molar-refractivity contribution in [2.45, 2.75) is 26.3 Å². The van der Waals surface area contributed by atoms with Crippen LogP contribution in [0, 0.1) is 10.1 Å². The van der Waals surface area contributed by atoms with E-state index in [0.717, 1.165) is 13.0 Å². The normalized spacial score (nSPS) is 12.2. The molecule has 1 heterocycles. The molecule has 7 heteroatoms. The molecule has 0 saturated heterocycles. The SMILES string of the molecule is CCCNc1cc([N+](=O)[O-])cc(NCC(C)N(C)C)n1. The number of likely N-dealkylation sites (N-methyl/N-ethyl adjacent to an activating group) is 1. The summed E-state index contributed by atoms with van der Waals surface area (Å²) in [6, 6.07) is 3.22. The van der Waals surface area contributed by atoms with Crippen molar-refractivity contribution in [2.24, 2.45) is 0 Å². The molecule has 0 fully saturated rings. The zero-order chi connectivity index (χ0) is 15.1. The van der Waals surface area contributed by atoms with Gasteiger partial charge in [-0.15, -0.1) is 0 Å². The van der Waals surface area contributed by atoms with Crippen LogP contribution in [0.25, 0.3) is 0 Å². The molecular formula is C13H23N5O2. The van der Waals surface area contributed by atoms with Gasteiger partial charge in [0.25, 0.3) is 5.69 Å². The summed E-state index contributed by atoms with van der Waals surface area (Å²) in [4.78, 5) is 16.9. The maximum atomic E-state index is 10.9. The molecule has 112 valence electrons. The molecule has 0 aliphatic heterocycles. The first-order valence-corrected chi connectivity index (χ1v) is 6.74. The lowest BCUT2D eigenvalue weighted by Gasteiger charge is -2.20. The summed E-state index contributed by atoms with van der Waals surface area (Å²) in [5.41, 5.74) is 0.0404. The Morgan fingerprint density at radius 3 is 2.45 bits per heavy atom. The quantitative estimate of drug-likeness (QED) is 0.561. The summed E-state index contributed by atoms with van der Waals surface area (Å²) >= 11 is 0. The number of anilines is 2. The lowest BCUT2D eigenvalue weighted by atomic mass is 10.3. The van der Waals surface area contributed by atoms with Crippen LogP contribution in [0.4, 0.5) is 17.3 Å². The summed E-state index contributed by atoms with van der Waals surface area (Å²) in [5, 5.41) is 17.2. The monoisotopic (exact) mass is 281 g/mol. The molecule has 1 aromatic heterocycles. The number of nitrogens with one attached hydrogen (secondary N) is 2. The molecule has 1 rings (SSSR count). The Bertz CT molecular complexity index is 450. The van der Waals surface area contributed by atoms with Crippen LogP contribution in [-0.2, 0) is 0 Å². The molecule has 1 aromatic rings. The van der Waals surface area contributed by atoms with E-state index in [2.05, 4.69) is 27.4 Å². The fourth-order valence-corrected chi connectivity index (χ4v) is 1.49. The Morgan fingerprint density at radius 2 is 1.95 bits per heavy atom. The van der Waals surface area contributed by atoms with Gasteiger partial charge in [0.1, 0.15) is 11.6 Å². The fraction of sp³-hybridized carbons (Fsp3) is 0.615. The predicted octanol–water partition coefficient (Wildman–Crippen LogP) is 2.17. The van der Waals surface area contributed by atoms with Gasteiger partial charge in [0, 0.05) is 19.1 Å². The van der Waals surface area contributed by atoms with Crippen molar-refractivity contribution in [3.8, 4) is 0 Å². The first-order chi connectivity index (χ1) is 9.43. The van der Waals surface area contributed by atoms with Gasteiger partial charge in [-0.2, -0.15) is 0 Å². The van der Waals surface area contributed by atoms with Crippen molar-refractivity contribution in [2.75, 3.05) is 37.8 Å². The smallest absolute Gasteiger partial charge is 0.276 e. The number of nitro groups is 1. The third-order valence-electron chi connectivity index (χ3n) is 3.04. The number of pyridine rings is 1. The lowest BCUT2D eigenvalue weighted by Crippen LogP contribution is -2.31. The van der Waals surface area contributed by atoms with Crippen molar-refractivity contribution in [1.82, 2.24) is 9.88 Å². The molecule has 0 aliphatic carbocycles. The van der Waals surface area contributed by atoms with E-state index in [-0.39, 0.29) is 5.69 Å². The van der Waals surface area contributed by atoms with Gasteiger partial charge < -0.3 is 15.5 Å². The molecule has 20 heavy (non-hydrogen) atoms. The fourth-order valence-electron chi connectivity index (χ4n) is 1.49. The van der Waals surface area contributed by atoms with E-state index >= 15 is 0 Å². The van der Waals surface area contributed by atoms with Gasteiger partial charge in [-0.1, -0.05) is 6.92 Å².